The molecule has 3 atom stereocenters. The predicted molar refractivity (Wildman–Crippen MR) is 82.8 cm³/mol. The average molecular weight is 291 g/mol. The van der Waals surface area contributed by atoms with E-state index in [0.29, 0.717) is 18.2 Å². The maximum atomic E-state index is 13.7. The summed E-state index contributed by atoms with van der Waals surface area (Å²) in [5, 5.41) is 3.30. The molecule has 0 aliphatic heterocycles. The lowest BCUT2D eigenvalue weighted by Gasteiger charge is -2.22. The Morgan fingerprint density at radius 3 is 2.86 bits per heavy atom. The number of hydrogen-bond donors (Lipinski definition) is 1. The molecule has 1 aromatic carbocycles. The van der Waals surface area contributed by atoms with Crippen LogP contribution in [0.3, 0.4) is 0 Å². The van der Waals surface area contributed by atoms with Crippen molar-refractivity contribution in [2.24, 2.45) is 17.8 Å². The topological polar surface area (TPSA) is 21.3 Å². The molecular formula is C18H26FNO. The van der Waals surface area contributed by atoms with Gasteiger partial charge in [-0.3, -0.25) is 0 Å². The molecule has 2 saturated carbocycles. The first-order valence-corrected chi connectivity index (χ1v) is 8.37. The van der Waals surface area contributed by atoms with E-state index >= 15 is 0 Å². The molecule has 1 aromatic rings. The second-order valence-electron chi connectivity index (χ2n) is 6.72. The summed E-state index contributed by atoms with van der Waals surface area (Å²) in [6.45, 7) is 4.54. The standard InChI is InChI=1S/C18H26FNO/c1-2-5-20-11-14-8-17(19)10-18(9-14)21-12-16-7-13-3-4-15(16)6-13/h8-10,13,15-16,20H,2-7,11-12H2,1H3. The van der Waals surface area contributed by atoms with Gasteiger partial charge in [0.25, 0.3) is 0 Å². The maximum Gasteiger partial charge on any atom is 0.127 e. The van der Waals surface area contributed by atoms with Crippen LogP contribution in [0.25, 0.3) is 0 Å². The molecule has 2 aliphatic rings. The number of ether oxygens (including phenoxy) is 1. The smallest absolute Gasteiger partial charge is 0.127 e. The molecule has 3 unspecified atom stereocenters. The van der Waals surface area contributed by atoms with E-state index in [-0.39, 0.29) is 5.82 Å². The Bertz CT molecular complexity index is 476. The SMILES string of the molecule is CCCNCc1cc(F)cc(OCC2CC3CCC2C3)c1. The zero-order valence-electron chi connectivity index (χ0n) is 12.9. The third kappa shape index (κ3) is 3.76. The monoisotopic (exact) mass is 291 g/mol. The van der Waals surface area contributed by atoms with Gasteiger partial charge >= 0.3 is 0 Å². The van der Waals surface area contributed by atoms with E-state index < -0.39 is 0 Å². The van der Waals surface area contributed by atoms with Crippen molar-refractivity contribution < 1.29 is 9.13 Å². The molecule has 21 heavy (non-hydrogen) atoms. The maximum absolute atomic E-state index is 13.7. The first-order valence-electron chi connectivity index (χ1n) is 8.37. The van der Waals surface area contributed by atoms with Crippen molar-refractivity contribution in [3.05, 3.63) is 29.6 Å². The third-order valence-electron chi connectivity index (χ3n) is 5.04. The van der Waals surface area contributed by atoms with Crippen molar-refractivity contribution >= 4 is 0 Å². The molecule has 116 valence electrons. The lowest BCUT2D eigenvalue weighted by Crippen LogP contribution is -2.19. The van der Waals surface area contributed by atoms with Crippen LogP contribution in [0.2, 0.25) is 0 Å². The second kappa shape index (κ2) is 6.78. The summed E-state index contributed by atoms with van der Waals surface area (Å²) < 4.78 is 19.6. The van der Waals surface area contributed by atoms with Crippen molar-refractivity contribution in [2.45, 2.75) is 45.6 Å². The molecule has 0 spiro atoms. The number of rotatable bonds is 7. The first-order chi connectivity index (χ1) is 10.2. The third-order valence-corrected chi connectivity index (χ3v) is 5.04. The van der Waals surface area contributed by atoms with Gasteiger partial charge in [0.1, 0.15) is 11.6 Å². The van der Waals surface area contributed by atoms with E-state index in [2.05, 4.69) is 12.2 Å². The van der Waals surface area contributed by atoms with E-state index in [1.54, 1.807) is 6.07 Å². The van der Waals surface area contributed by atoms with Gasteiger partial charge in [-0.1, -0.05) is 13.3 Å². The van der Waals surface area contributed by atoms with Gasteiger partial charge in [-0.15, -0.1) is 0 Å². The molecule has 0 radical (unpaired) electrons. The molecular weight excluding hydrogens is 265 g/mol. The normalized spacial score (nSPS) is 27.2. The summed E-state index contributed by atoms with van der Waals surface area (Å²) in [6.07, 6.45) is 6.57. The number of halogens is 1. The van der Waals surface area contributed by atoms with Gasteiger partial charge in [0.05, 0.1) is 6.61 Å². The van der Waals surface area contributed by atoms with Gasteiger partial charge in [-0.05, 0) is 67.7 Å². The summed E-state index contributed by atoms with van der Waals surface area (Å²) in [7, 11) is 0. The van der Waals surface area contributed by atoms with E-state index in [0.717, 1.165) is 37.0 Å². The summed E-state index contributed by atoms with van der Waals surface area (Å²) in [5.74, 6) is 2.97. The molecule has 2 nitrogen and oxygen atoms in total. The molecule has 0 heterocycles. The highest BCUT2D eigenvalue weighted by Gasteiger charge is 2.39. The summed E-state index contributed by atoms with van der Waals surface area (Å²) in [5.41, 5.74) is 0.964. The Hall–Kier alpha value is -1.09. The number of hydrogen-bond acceptors (Lipinski definition) is 2. The molecule has 1 N–H and O–H groups in total. The zero-order valence-corrected chi connectivity index (χ0v) is 12.9. The fraction of sp³-hybridized carbons (Fsp3) is 0.667. The predicted octanol–water partition coefficient (Wildman–Crippen LogP) is 4.14. The number of benzene rings is 1. The minimum absolute atomic E-state index is 0.200. The Morgan fingerprint density at radius 2 is 2.14 bits per heavy atom. The van der Waals surface area contributed by atoms with Crippen molar-refractivity contribution in [1.29, 1.82) is 0 Å². The van der Waals surface area contributed by atoms with Crippen LogP contribution in [0.4, 0.5) is 4.39 Å². The largest absolute Gasteiger partial charge is 0.493 e. The lowest BCUT2D eigenvalue weighted by molar-refractivity contribution is 0.194. The molecule has 2 aliphatic carbocycles. The zero-order chi connectivity index (χ0) is 14.7. The van der Waals surface area contributed by atoms with Gasteiger partial charge in [0, 0.05) is 12.6 Å². The Kier molecular flexibility index (Phi) is 4.79. The molecule has 3 rings (SSSR count). The van der Waals surface area contributed by atoms with Crippen LogP contribution >= 0.6 is 0 Å². The molecule has 0 amide bonds. The molecule has 0 aromatic heterocycles. The minimum Gasteiger partial charge on any atom is -0.493 e. The van der Waals surface area contributed by atoms with Crippen LogP contribution < -0.4 is 10.1 Å². The van der Waals surface area contributed by atoms with Crippen molar-refractivity contribution in [1.82, 2.24) is 5.32 Å². The number of fused-ring (bicyclic) bond motifs is 2. The minimum atomic E-state index is -0.200. The Balaban J connectivity index is 1.54. The molecule has 2 bridgehead atoms. The van der Waals surface area contributed by atoms with E-state index in [9.17, 15) is 4.39 Å². The fourth-order valence-electron chi connectivity index (χ4n) is 4.00. The highest BCUT2D eigenvalue weighted by molar-refractivity contribution is 5.29. The van der Waals surface area contributed by atoms with Crippen LogP contribution in [0, 0.1) is 23.6 Å². The van der Waals surface area contributed by atoms with Crippen molar-refractivity contribution in [3.63, 3.8) is 0 Å². The van der Waals surface area contributed by atoms with Crippen LogP contribution in [-0.2, 0) is 6.54 Å². The molecule has 3 heteroatoms. The Morgan fingerprint density at radius 1 is 1.24 bits per heavy atom. The second-order valence-corrected chi connectivity index (χ2v) is 6.72. The molecule has 0 saturated heterocycles. The number of nitrogens with one attached hydrogen (secondary N) is 1. The van der Waals surface area contributed by atoms with Gasteiger partial charge in [0.2, 0.25) is 0 Å². The highest BCUT2D eigenvalue weighted by Crippen LogP contribution is 2.48. The van der Waals surface area contributed by atoms with E-state index in [4.69, 9.17) is 4.74 Å². The highest BCUT2D eigenvalue weighted by atomic mass is 19.1. The average Bonchev–Trinajstić information content (AvgIpc) is 3.07. The first kappa shape index (κ1) is 14.8. The van der Waals surface area contributed by atoms with Crippen LogP contribution in [-0.4, -0.2) is 13.2 Å². The summed E-state index contributed by atoms with van der Waals surface area (Å²) in [6, 6.07) is 5.07. The van der Waals surface area contributed by atoms with Crippen LogP contribution in [0.15, 0.2) is 18.2 Å². The van der Waals surface area contributed by atoms with Crippen LogP contribution in [0.5, 0.6) is 5.75 Å². The van der Waals surface area contributed by atoms with Gasteiger partial charge < -0.3 is 10.1 Å². The molecule has 2 fully saturated rings. The van der Waals surface area contributed by atoms with Crippen LogP contribution in [0.1, 0.15) is 44.6 Å². The van der Waals surface area contributed by atoms with Crippen molar-refractivity contribution in [3.8, 4) is 5.75 Å². The lowest BCUT2D eigenvalue weighted by atomic mass is 9.89. The van der Waals surface area contributed by atoms with Gasteiger partial charge in [-0.25, -0.2) is 4.39 Å². The fourth-order valence-corrected chi connectivity index (χ4v) is 4.00. The summed E-state index contributed by atoms with van der Waals surface area (Å²) in [4.78, 5) is 0. The van der Waals surface area contributed by atoms with E-state index in [1.165, 1.54) is 31.7 Å². The van der Waals surface area contributed by atoms with Gasteiger partial charge in [0.15, 0.2) is 0 Å². The van der Waals surface area contributed by atoms with Crippen molar-refractivity contribution in [2.75, 3.05) is 13.2 Å². The quantitative estimate of drug-likeness (QED) is 0.762. The summed E-state index contributed by atoms with van der Waals surface area (Å²) >= 11 is 0. The van der Waals surface area contributed by atoms with Gasteiger partial charge in [-0.2, -0.15) is 0 Å². The van der Waals surface area contributed by atoms with E-state index in [1.807, 2.05) is 6.07 Å². The Labute approximate surface area is 127 Å².